The lowest BCUT2D eigenvalue weighted by Gasteiger charge is -2.19. The molecule has 2 nitrogen and oxygen atoms in total. The Bertz CT molecular complexity index is 392. The molecular weight excluding hydrogens is 184 g/mol. The molecular formula is C13H18N2. The molecule has 80 valence electrons. The molecule has 0 radical (unpaired) electrons. The molecule has 0 fully saturated rings. The SMILES string of the molecule is CC(C)c1cc(C#N)nc(C(C)(C)C)c1. The second-order valence-electron chi connectivity index (χ2n) is 5.19. The summed E-state index contributed by atoms with van der Waals surface area (Å²) in [7, 11) is 0. The van der Waals surface area contributed by atoms with Crippen molar-refractivity contribution in [1.82, 2.24) is 4.98 Å². The van der Waals surface area contributed by atoms with E-state index in [9.17, 15) is 0 Å². The average Bonchev–Trinajstić information content (AvgIpc) is 2.15. The summed E-state index contributed by atoms with van der Waals surface area (Å²) >= 11 is 0. The smallest absolute Gasteiger partial charge is 0.141 e. The van der Waals surface area contributed by atoms with E-state index in [1.807, 2.05) is 6.07 Å². The quantitative estimate of drug-likeness (QED) is 0.700. The van der Waals surface area contributed by atoms with Gasteiger partial charge >= 0.3 is 0 Å². The first-order chi connectivity index (χ1) is 6.84. The monoisotopic (exact) mass is 202 g/mol. The molecule has 0 aliphatic rings. The Morgan fingerprint density at radius 3 is 2.27 bits per heavy atom. The topological polar surface area (TPSA) is 36.7 Å². The minimum atomic E-state index is -0.00347. The predicted octanol–water partition coefficient (Wildman–Crippen LogP) is 3.37. The number of aromatic nitrogens is 1. The number of rotatable bonds is 1. The van der Waals surface area contributed by atoms with E-state index >= 15 is 0 Å². The van der Waals surface area contributed by atoms with Crippen LogP contribution in [0.4, 0.5) is 0 Å². The molecule has 1 aromatic heterocycles. The third-order valence-electron chi connectivity index (χ3n) is 2.40. The highest BCUT2D eigenvalue weighted by molar-refractivity contribution is 5.32. The number of pyridine rings is 1. The maximum absolute atomic E-state index is 8.92. The minimum Gasteiger partial charge on any atom is -0.242 e. The van der Waals surface area contributed by atoms with Gasteiger partial charge in [-0.1, -0.05) is 34.6 Å². The molecule has 0 saturated carbocycles. The zero-order chi connectivity index (χ0) is 11.6. The molecule has 0 aromatic carbocycles. The van der Waals surface area contributed by atoms with Crippen LogP contribution < -0.4 is 0 Å². The second-order valence-corrected chi connectivity index (χ2v) is 5.19. The Kier molecular flexibility index (Phi) is 3.14. The normalized spacial score (nSPS) is 11.5. The first-order valence-corrected chi connectivity index (χ1v) is 5.27. The van der Waals surface area contributed by atoms with Crippen LogP contribution in [0.3, 0.4) is 0 Å². The summed E-state index contributed by atoms with van der Waals surface area (Å²) in [5.41, 5.74) is 2.69. The van der Waals surface area contributed by atoms with E-state index < -0.39 is 0 Å². The van der Waals surface area contributed by atoms with E-state index in [1.54, 1.807) is 0 Å². The average molecular weight is 202 g/mol. The number of nitrogens with zero attached hydrogens (tertiary/aromatic N) is 2. The van der Waals surface area contributed by atoms with Gasteiger partial charge < -0.3 is 0 Å². The summed E-state index contributed by atoms with van der Waals surface area (Å²) in [5.74, 6) is 0.432. The highest BCUT2D eigenvalue weighted by Gasteiger charge is 2.17. The maximum Gasteiger partial charge on any atom is 0.141 e. The van der Waals surface area contributed by atoms with Crippen LogP contribution in [0.15, 0.2) is 12.1 Å². The fraction of sp³-hybridized carbons (Fsp3) is 0.538. The standard InChI is InChI=1S/C13H18N2/c1-9(2)10-6-11(8-14)15-12(7-10)13(3,4)5/h6-7,9H,1-5H3. The van der Waals surface area contributed by atoms with Gasteiger partial charge in [0.1, 0.15) is 11.8 Å². The molecule has 0 N–H and O–H groups in total. The first-order valence-electron chi connectivity index (χ1n) is 5.27. The van der Waals surface area contributed by atoms with Crippen molar-refractivity contribution in [3.05, 3.63) is 29.1 Å². The van der Waals surface area contributed by atoms with Gasteiger partial charge in [-0.2, -0.15) is 5.26 Å². The van der Waals surface area contributed by atoms with Crippen molar-refractivity contribution in [2.24, 2.45) is 0 Å². The van der Waals surface area contributed by atoms with Crippen LogP contribution in [0.5, 0.6) is 0 Å². The summed E-state index contributed by atoms with van der Waals surface area (Å²) in [6, 6.07) is 6.10. The number of nitriles is 1. The van der Waals surface area contributed by atoms with Gasteiger partial charge in [-0.3, -0.25) is 0 Å². The van der Waals surface area contributed by atoms with Crippen molar-refractivity contribution in [3.8, 4) is 6.07 Å². The Hall–Kier alpha value is -1.36. The van der Waals surface area contributed by atoms with Gasteiger partial charge in [-0.25, -0.2) is 4.98 Å². The molecule has 1 heterocycles. The van der Waals surface area contributed by atoms with Crippen LogP contribution in [0.2, 0.25) is 0 Å². The Morgan fingerprint density at radius 1 is 1.27 bits per heavy atom. The molecule has 0 atom stereocenters. The molecule has 0 spiro atoms. The molecule has 0 saturated heterocycles. The van der Waals surface area contributed by atoms with E-state index in [-0.39, 0.29) is 5.41 Å². The third-order valence-corrected chi connectivity index (χ3v) is 2.40. The Labute approximate surface area is 92.0 Å². The van der Waals surface area contributed by atoms with Crippen LogP contribution in [0, 0.1) is 11.3 Å². The van der Waals surface area contributed by atoms with Crippen molar-refractivity contribution in [2.75, 3.05) is 0 Å². The number of hydrogen-bond acceptors (Lipinski definition) is 2. The summed E-state index contributed by atoms with van der Waals surface area (Å²) in [5, 5.41) is 8.92. The fourth-order valence-electron chi connectivity index (χ4n) is 1.33. The summed E-state index contributed by atoms with van der Waals surface area (Å²) in [6.07, 6.45) is 0. The van der Waals surface area contributed by atoms with E-state index in [0.717, 1.165) is 5.69 Å². The van der Waals surface area contributed by atoms with E-state index in [1.165, 1.54) is 5.56 Å². The minimum absolute atomic E-state index is 0.00347. The van der Waals surface area contributed by atoms with Crippen LogP contribution in [-0.2, 0) is 5.41 Å². The van der Waals surface area contributed by atoms with Gasteiger partial charge in [0.2, 0.25) is 0 Å². The van der Waals surface area contributed by atoms with Gasteiger partial charge in [0.25, 0.3) is 0 Å². The Morgan fingerprint density at radius 2 is 1.87 bits per heavy atom. The molecule has 15 heavy (non-hydrogen) atoms. The lowest BCUT2D eigenvalue weighted by molar-refractivity contribution is 0.566. The highest BCUT2D eigenvalue weighted by Crippen LogP contribution is 2.24. The zero-order valence-electron chi connectivity index (χ0n) is 10.1. The van der Waals surface area contributed by atoms with Crippen LogP contribution in [0.1, 0.15) is 57.5 Å². The molecule has 2 heteroatoms. The van der Waals surface area contributed by atoms with Crippen LogP contribution in [-0.4, -0.2) is 4.98 Å². The van der Waals surface area contributed by atoms with E-state index in [0.29, 0.717) is 11.6 Å². The van der Waals surface area contributed by atoms with Crippen LogP contribution in [0.25, 0.3) is 0 Å². The van der Waals surface area contributed by atoms with Crippen molar-refractivity contribution in [3.63, 3.8) is 0 Å². The summed E-state index contributed by atoms with van der Waals surface area (Å²) in [4.78, 5) is 4.34. The van der Waals surface area contributed by atoms with Crippen molar-refractivity contribution in [1.29, 1.82) is 5.26 Å². The molecule has 0 aliphatic heterocycles. The second kappa shape index (κ2) is 4.02. The number of hydrogen-bond donors (Lipinski definition) is 0. The summed E-state index contributed by atoms with van der Waals surface area (Å²) < 4.78 is 0. The lowest BCUT2D eigenvalue weighted by Crippen LogP contribution is -2.15. The molecule has 0 unspecified atom stereocenters. The predicted molar refractivity (Wildman–Crippen MR) is 61.7 cm³/mol. The largest absolute Gasteiger partial charge is 0.242 e. The highest BCUT2D eigenvalue weighted by atomic mass is 14.7. The molecule has 0 aliphatic carbocycles. The van der Waals surface area contributed by atoms with E-state index in [4.69, 9.17) is 5.26 Å². The maximum atomic E-state index is 8.92. The van der Waals surface area contributed by atoms with Gasteiger partial charge in [-0.05, 0) is 23.6 Å². The zero-order valence-corrected chi connectivity index (χ0v) is 10.1. The fourth-order valence-corrected chi connectivity index (χ4v) is 1.33. The lowest BCUT2D eigenvalue weighted by atomic mass is 9.89. The van der Waals surface area contributed by atoms with E-state index in [2.05, 4.69) is 51.7 Å². The van der Waals surface area contributed by atoms with Crippen molar-refractivity contribution < 1.29 is 0 Å². The van der Waals surface area contributed by atoms with Gasteiger partial charge in [0.15, 0.2) is 0 Å². The van der Waals surface area contributed by atoms with Gasteiger partial charge in [0, 0.05) is 11.1 Å². The molecule has 0 amide bonds. The summed E-state index contributed by atoms with van der Waals surface area (Å²) in [6.45, 7) is 10.6. The molecule has 0 bridgehead atoms. The third kappa shape index (κ3) is 2.79. The van der Waals surface area contributed by atoms with Crippen LogP contribution >= 0.6 is 0 Å². The molecule has 1 rings (SSSR count). The van der Waals surface area contributed by atoms with Gasteiger partial charge in [0.05, 0.1) is 0 Å². The first kappa shape index (κ1) is 11.7. The Balaban J connectivity index is 3.32. The van der Waals surface area contributed by atoms with Crippen molar-refractivity contribution in [2.45, 2.75) is 46.0 Å². The molecule has 1 aromatic rings. The van der Waals surface area contributed by atoms with Gasteiger partial charge in [-0.15, -0.1) is 0 Å². The van der Waals surface area contributed by atoms with Crippen molar-refractivity contribution >= 4 is 0 Å².